The topological polar surface area (TPSA) is 97.5 Å². The normalized spacial score (nSPS) is 16.2. The van der Waals surface area contributed by atoms with Gasteiger partial charge >= 0.3 is 0 Å². The SMILES string of the molecule is C=CC(=O)N1CC(NC(=O)Cn2c(C)c(CN3CCN(c4ccc(C#N)cn4)CC3)c3cc(Br)ccc32)C1. The van der Waals surface area contributed by atoms with E-state index in [-0.39, 0.29) is 24.4 Å². The summed E-state index contributed by atoms with van der Waals surface area (Å²) in [7, 11) is 0. The molecule has 0 bridgehead atoms. The van der Waals surface area contributed by atoms with Crippen LogP contribution in [0.15, 0.2) is 53.7 Å². The van der Waals surface area contributed by atoms with E-state index in [1.165, 1.54) is 11.6 Å². The van der Waals surface area contributed by atoms with E-state index in [2.05, 4.69) is 72.3 Å². The van der Waals surface area contributed by atoms with E-state index in [1.54, 1.807) is 11.1 Å². The van der Waals surface area contributed by atoms with E-state index in [9.17, 15) is 9.59 Å². The van der Waals surface area contributed by atoms with Gasteiger partial charge in [-0.3, -0.25) is 14.5 Å². The number of nitrogens with zero attached hydrogens (tertiary/aromatic N) is 6. The van der Waals surface area contributed by atoms with Crippen LogP contribution in [0.3, 0.4) is 0 Å². The van der Waals surface area contributed by atoms with Gasteiger partial charge in [-0.1, -0.05) is 22.5 Å². The fraction of sp³-hybridized carbons (Fsp3) is 0.357. The van der Waals surface area contributed by atoms with Crippen molar-refractivity contribution < 1.29 is 9.59 Å². The van der Waals surface area contributed by atoms with Crippen LogP contribution in [0.4, 0.5) is 5.82 Å². The zero-order valence-electron chi connectivity index (χ0n) is 21.4. The number of nitrogens with one attached hydrogen (secondary N) is 1. The molecule has 2 aliphatic rings. The fourth-order valence-electron chi connectivity index (χ4n) is 5.22. The monoisotopic (exact) mass is 575 g/mol. The van der Waals surface area contributed by atoms with Crippen molar-refractivity contribution in [2.75, 3.05) is 44.2 Å². The Kier molecular flexibility index (Phi) is 7.49. The van der Waals surface area contributed by atoms with Gasteiger partial charge in [-0.2, -0.15) is 5.26 Å². The average molecular weight is 576 g/mol. The van der Waals surface area contributed by atoms with Crippen LogP contribution in [-0.4, -0.2) is 76.5 Å². The smallest absolute Gasteiger partial charge is 0.246 e. The van der Waals surface area contributed by atoms with Gasteiger partial charge in [0.2, 0.25) is 11.8 Å². The van der Waals surface area contributed by atoms with Gasteiger partial charge in [0, 0.05) is 73.1 Å². The minimum Gasteiger partial charge on any atom is -0.354 e. The summed E-state index contributed by atoms with van der Waals surface area (Å²) in [6.45, 7) is 11.2. The Bertz CT molecular complexity index is 1410. The molecule has 2 saturated heterocycles. The fourth-order valence-corrected chi connectivity index (χ4v) is 5.58. The van der Waals surface area contributed by atoms with Crippen LogP contribution in [-0.2, 0) is 22.7 Å². The third-order valence-electron chi connectivity index (χ3n) is 7.41. The van der Waals surface area contributed by atoms with Crippen molar-refractivity contribution in [2.45, 2.75) is 26.1 Å². The number of aromatic nitrogens is 2. The highest BCUT2D eigenvalue weighted by atomic mass is 79.9. The summed E-state index contributed by atoms with van der Waals surface area (Å²) in [4.78, 5) is 35.4. The highest BCUT2D eigenvalue weighted by molar-refractivity contribution is 9.10. The zero-order valence-corrected chi connectivity index (χ0v) is 22.9. The van der Waals surface area contributed by atoms with Crippen molar-refractivity contribution >= 4 is 44.5 Å². The first-order valence-corrected chi connectivity index (χ1v) is 13.5. The molecule has 2 fully saturated rings. The number of hydrogen-bond acceptors (Lipinski definition) is 6. The van der Waals surface area contributed by atoms with E-state index in [0.717, 1.165) is 59.6 Å². The number of benzene rings is 1. The molecular formula is C28H30BrN7O2. The molecule has 5 rings (SSSR count). The lowest BCUT2D eigenvalue weighted by Crippen LogP contribution is -2.61. The second-order valence-electron chi connectivity index (χ2n) is 9.80. The Morgan fingerprint density at radius 1 is 1.21 bits per heavy atom. The number of carbonyl (C=O) groups excluding carboxylic acids is 2. The second kappa shape index (κ2) is 11.0. The van der Waals surface area contributed by atoms with Crippen molar-refractivity contribution in [3.8, 4) is 6.07 Å². The molecule has 0 unspecified atom stereocenters. The van der Waals surface area contributed by atoms with Crippen molar-refractivity contribution in [1.82, 2.24) is 24.7 Å². The molecule has 0 radical (unpaired) electrons. The van der Waals surface area contributed by atoms with Crippen LogP contribution in [0.25, 0.3) is 10.9 Å². The number of piperazine rings is 1. The van der Waals surface area contributed by atoms with E-state index in [4.69, 9.17) is 5.26 Å². The molecule has 1 N–H and O–H groups in total. The van der Waals surface area contributed by atoms with Gasteiger partial charge in [0.1, 0.15) is 18.4 Å². The number of pyridine rings is 1. The molecule has 0 atom stereocenters. The number of likely N-dealkylation sites (tertiary alicyclic amines) is 1. The lowest BCUT2D eigenvalue weighted by Gasteiger charge is -2.38. The maximum Gasteiger partial charge on any atom is 0.246 e. The molecule has 2 amide bonds. The summed E-state index contributed by atoms with van der Waals surface area (Å²) >= 11 is 3.62. The van der Waals surface area contributed by atoms with Gasteiger partial charge < -0.3 is 19.7 Å². The summed E-state index contributed by atoms with van der Waals surface area (Å²) in [5, 5.41) is 13.2. The van der Waals surface area contributed by atoms with Crippen LogP contribution in [0, 0.1) is 18.3 Å². The highest BCUT2D eigenvalue weighted by Crippen LogP contribution is 2.30. The van der Waals surface area contributed by atoms with Gasteiger partial charge in [0.05, 0.1) is 11.6 Å². The minimum absolute atomic E-state index is 0.0240. The van der Waals surface area contributed by atoms with Gasteiger partial charge in [0.15, 0.2) is 0 Å². The maximum absolute atomic E-state index is 12.9. The number of hydrogen-bond donors (Lipinski definition) is 1. The summed E-state index contributed by atoms with van der Waals surface area (Å²) in [5.74, 6) is 0.737. The molecule has 2 aliphatic heterocycles. The van der Waals surface area contributed by atoms with E-state index < -0.39 is 0 Å². The molecule has 0 spiro atoms. The summed E-state index contributed by atoms with van der Waals surface area (Å²) < 4.78 is 3.10. The molecule has 196 valence electrons. The van der Waals surface area contributed by atoms with E-state index in [0.29, 0.717) is 18.7 Å². The first-order chi connectivity index (χ1) is 18.4. The summed E-state index contributed by atoms with van der Waals surface area (Å²) in [6.07, 6.45) is 2.92. The Hall–Kier alpha value is -3.68. The quantitative estimate of drug-likeness (QED) is 0.435. The summed E-state index contributed by atoms with van der Waals surface area (Å²) in [5.41, 5.74) is 3.91. The van der Waals surface area contributed by atoms with Crippen molar-refractivity contribution in [2.24, 2.45) is 0 Å². The van der Waals surface area contributed by atoms with Crippen molar-refractivity contribution in [1.29, 1.82) is 5.26 Å². The zero-order chi connectivity index (χ0) is 26.8. The number of nitriles is 1. The van der Waals surface area contributed by atoms with Crippen LogP contribution in [0.5, 0.6) is 0 Å². The molecule has 9 nitrogen and oxygen atoms in total. The van der Waals surface area contributed by atoms with Crippen molar-refractivity contribution in [3.05, 3.63) is 70.5 Å². The van der Waals surface area contributed by atoms with Gasteiger partial charge in [-0.15, -0.1) is 0 Å². The Labute approximate surface area is 230 Å². The van der Waals surface area contributed by atoms with Gasteiger partial charge in [-0.25, -0.2) is 4.98 Å². The predicted molar refractivity (Wildman–Crippen MR) is 150 cm³/mol. The minimum atomic E-state index is -0.105. The Morgan fingerprint density at radius 2 is 1.97 bits per heavy atom. The second-order valence-corrected chi connectivity index (χ2v) is 10.7. The molecule has 1 aromatic carbocycles. The molecule has 0 saturated carbocycles. The van der Waals surface area contributed by atoms with Crippen LogP contribution in [0.2, 0.25) is 0 Å². The molecule has 2 aromatic heterocycles. The van der Waals surface area contributed by atoms with E-state index in [1.807, 2.05) is 18.2 Å². The van der Waals surface area contributed by atoms with Gasteiger partial charge in [-0.05, 0) is 48.9 Å². The Balaban J connectivity index is 1.26. The number of anilines is 1. The molecule has 10 heteroatoms. The number of halogens is 1. The number of fused-ring (bicyclic) bond motifs is 1. The number of amides is 2. The lowest BCUT2D eigenvalue weighted by atomic mass is 10.1. The van der Waals surface area contributed by atoms with Crippen LogP contribution < -0.4 is 10.2 Å². The number of rotatable bonds is 7. The molecule has 4 heterocycles. The standard InChI is InChI=1S/C28H30BrN7O2/c1-3-28(38)35-15-22(16-35)32-27(37)18-36-19(2)24(23-12-21(29)5-6-25(23)36)17-33-8-10-34(11-9-33)26-7-4-20(13-30)14-31-26/h3-7,12,14,22H,1,8-11,15-18H2,2H3,(H,32,37). The van der Waals surface area contributed by atoms with Crippen LogP contribution >= 0.6 is 15.9 Å². The summed E-state index contributed by atoms with van der Waals surface area (Å²) in [6, 6.07) is 12.0. The number of carbonyl (C=O) groups is 2. The van der Waals surface area contributed by atoms with Gasteiger partial charge in [0.25, 0.3) is 0 Å². The third kappa shape index (κ3) is 5.30. The first-order valence-electron chi connectivity index (χ1n) is 12.7. The first kappa shape index (κ1) is 25.9. The van der Waals surface area contributed by atoms with Crippen LogP contribution in [0.1, 0.15) is 16.8 Å². The average Bonchev–Trinajstić information content (AvgIpc) is 3.15. The maximum atomic E-state index is 12.9. The Morgan fingerprint density at radius 3 is 2.63 bits per heavy atom. The largest absolute Gasteiger partial charge is 0.354 e. The third-order valence-corrected chi connectivity index (χ3v) is 7.90. The highest BCUT2D eigenvalue weighted by Gasteiger charge is 2.30. The van der Waals surface area contributed by atoms with Crippen molar-refractivity contribution in [3.63, 3.8) is 0 Å². The molecule has 0 aliphatic carbocycles. The molecular weight excluding hydrogens is 546 g/mol. The molecule has 38 heavy (non-hydrogen) atoms. The molecule has 3 aromatic rings. The lowest BCUT2D eigenvalue weighted by molar-refractivity contribution is -0.133. The predicted octanol–water partition coefficient (Wildman–Crippen LogP) is 2.81. The van der Waals surface area contributed by atoms with E-state index >= 15 is 0 Å².